The van der Waals surface area contributed by atoms with E-state index in [1.807, 2.05) is 47.8 Å². The number of nitrogens with zero attached hydrogens (tertiary/aromatic N) is 2. The van der Waals surface area contributed by atoms with E-state index in [4.69, 9.17) is 0 Å². The van der Waals surface area contributed by atoms with Crippen molar-refractivity contribution in [2.75, 3.05) is 18.5 Å². The fourth-order valence-corrected chi connectivity index (χ4v) is 6.42. The number of rotatable bonds is 6. The number of halogens is 4. The largest absolute Gasteiger partial charge is 0.507 e. The van der Waals surface area contributed by atoms with Gasteiger partial charge in [-0.2, -0.15) is 0 Å². The lowest BCUT2D eigenvalue weighted by Gasteiger charge is -2.34. The molecule has 174 valence electrons. The van der Waals surface area contributed by atoms with E-state index in [0.717, 1.165) is 23.2 Å². The fourth-order valence-electron chi connectivity index (χ4n) is 3.99. The molecule has 1 aliphatic heterocycles. The number of alkyl halides is 4. The average Bonchev–Trinajstić information content (AvgIpc) is 2.81. The van der Waals surface area contributed by atoms with Crippen LogP contribution in [0.4, 0.5) is 28.9 Å². The molecule has 2 aromatic rings. The molecule has 3 nitrogen and oxygen atoms in total. The van der Waals surface area contributed by atoms with Gasteiger partial charge in [-0.1, -0.05) is 18.2 Å². The second kappa shape index (κ2) is 8.99. The molecule has 0 saturated heterocycles. The molecule has 0 radical (unpaired) electrons. The molecule has 1 saturated carbocycles. The highest BCUT2D eigenvalue weighted by molar-refractivity contribution is 8.00. The molecule has 1 atom stereocenters. The van der Waals surface area contributed by atoms with Crippen LogP contribution in [0.2, 0.25) is 0 Å². The highest BCUT2D eigenvalue weighted by atomic mass is 32.2. The van der Waals surface area contributed by atoms with Crippen molar-refractivity contribution in [2.45, 2.75) is 65.5 Å². The van der Waals surface area contributed by atoms with Crippen LogP contribution in [0.25, 0.3) is 0 Å². The van der Waals surface area contributed by atoms with Gasteiger partial charge in [0.25, 0.3) is 0 Å². The first-order valence-electron chi connectivity index (χ1n) is 10.5. The Morgan fingerprint density at radius 3 is 2.50 bits per heavy atom. The van der Waals surface area contributed by atoms with Gasteiger partial charge in [0.15, 0.2) is 0 Å². The van der Waals surface area contributed by atoms with E-state index in [1.54, 1.807) is 6.07 Å². The zero-order chi connectivity index (χ0) is 23.1. The second-order valence-corrected chi connectivity index (χ2v) is 11.2. The number of benzene rings is 2. The van der Waals surface area contributed by atoms with Gasteiger partial charge < -0.3 is 10.0 Å². The maximum atomic E-state index is 13.6. The molecule has 1 unspecified atom stereocenters. The van der Waals surface area contributed by atoms with E-state index in [0.29, 0.717) is 17.9 Å². The van der Waals surface area contributed by atoms with Crippen LogP contribution in [-0.2, 0) is 0 Å². The van der Waals surface area contributed by atoms with Crippen molar-refractivity contribution in [3.05, 3.63) is 42.5 Å². The van der Waals surface area contributed by atoms with Crippen LogP contribution in [0.5, 0.6) is 5.75 Å². The summed E-state index contributed by atoms with van der Waals surface area (Å²) in [7, 11) is 1.87. The molecule has 0 amide bonds. The Kier molecular flexibility index (Phi) is 6.62. The van der Waals surface area contributed by atoms with Gasteiger partial charge >= 0.3 is 0 Å². The predicted octanol–water partition coefficient (Wildman–Crippen LogP) is 7.18. The third-order valence-electron chi connectivity index (χ3n) is 5.81. The van der Waals surface area contributed by atoms with E-state index in [2.05, 4.69) is 4.90 Å². The van der Waals surface area contributed by atoms with E-state index in [1.165, 1.54) is 23.7 Å². The molecule has 4 rings (SSSR count). The van der Waals surface area contributed by atoms with Gasteiger partial charge in [-0.05, 0) is 56.6 Å². The summed E-state index contributed by atoms with van der Waals surface area (Å²) in [5.74, 6) is -5.31. The molecule has 9 heteroatoms. The minimum atomic E-state index is -2.74. The number of likely N-dealkylation sites (N-methyl/N-ethyl adjacent to an activating group) is 1. The smallest absolute Gasteiger partial charge is 0.250 e. The zero-order valence-electron chi connectivity index (χ0n) is 17.9. The normalized spacial score (nSPS) is 21.7. The summed E-state index contributed by atoms with van der Waals surface area (Å²) >= 11 is 2.68. The lowest BCUT2D eigenvalue weighted by Crippen LogP contribution is -2.37. The lowest BCUT2D eigenvalue weighted by molar-refractivity contribution is -0.0667. The van der Waals surface area contributed by atoms with Gasteiger partial charge in [-0.3, -0.25) is 0 Å². The number of hydrogen-bond acceptors (Lipinski definition) is 5. The van der Waals surface area contributed by atoms with Crippen LogP contribution in [0, 0.1) is 0 Å². The van der Waals surface area contributed by atoms with Gasteiger partial charge in [-0.25, -0.2) is 21.9 Å². The number of thioether (sulfide) groups is 1. The summed E-state index contributed by atoms with van der Waals surface area (Å²) in [4.78, 5) is 3.43. The van der Waals surface area contributed by atoms with Crippen molar-refractivity contribution in [1.29, 1.82) is 0 Å². The molecule has 0 spiro atoms. The first kappa shape index (κ1) is 23.6. The van der Waals surface area contributed by atoms with Crippen molar-refractivity contribution < 1.29 is 22.7 Å². The summed E-state index contributed by atoms with van der Waals surface area (Å²) in [6.45, 7) is 1.43. The van der Waals surface area contributed by atoms with Crippen molar-refractivity contribution in [3.8, 4) is 5.75 Å². The van der Waals surface area contributed by atoms with Gasteiger partial charge in [-0.15, -0.1) is 11.8 Å². The zero-order valence-corrected chi connectivity index (χ0v) is 19.5. The Bertz CT molecular complexity index is 947. The van der Waals surface area contributed by atoms with Crippen molar-refractivity contribution in [2.24, 2.45) is 0 Å². The summed E-state index contributed by atoms with van der Waals surface area (Å²) in [5.41, 5.74) is 1.75. The van der Waals surface area contributed by atoms with Crippen molar-refractivity contribution in [1.82, 2.24) is 4.31 Å². The Morgan fingerprint density at radius 1 is 1.19 bits per heavy atom. The molecule has 0 bridgehead atoms. The standard InChI is InChI=1S/C23H26F4N2OS2/c1-22(24,25)9-8-16-14-29(15-6-4-3-5-7-15)18-10-21(31-17-12-23(26,27)13-17)19(30)11-20(18)32-28(16)2/h3-7,10-11,16-17,30H,8-9,12-14H2,1-2H3. The Labute approximate surface area is 194 Å². The van der Waals surface area contributed by atoms with E-state index in [-0.39, 0.29) is 36.3 Å². The van der Waals surface area contributed by atoms with Crippen LogP contribution >= 0.6 is 23.7 Å². The second-order valence-electron chi connectivity index (χ2n) is 8.64. The highest BCUT2D eigenvalue weighted by Crippen LogP contribution is 2.51. The maximum absolute atomic E-state index is 13.6. The van der Waals surface area contributed by atoms with Crippen LogP contribution in [0.15, 0.2) is 52.3 Å². The van der Waals surface area contributed by atoms with Gasteiger partial charge in [0, 0.05) is 42.8 Å². The number of hydrogen-bond donors (Lipinski definition) is 1. The number of phenolic OH excluding ortho intramolecular Hbond substituents is 1. The Balaban J connectivity index is 1.67. The molecule has 1 aliphatic carbocycles. The van der Waals surface area contributed by atoms with E-state index in [9.17, 15) is 22.7 Å². The Morgan fingerprint density at radius 2 is 1.88 bits per heavy atom. The third kappa shape index (κ3) is 5.48. The predicted molar refractivity (Wildman–Crippen MR) is 123 cm³/mol. The van der Waals surface area contributed by atoms with Crippen LogP contribution < -0.4 is 4.90 Å². The molecular weight excluding hydrogens is 460 g/mol. The van der Waals surface area contributed by atoms with Gasteiger partial charge in [0.1, 0.15) is 5.75 Å². The average molecular weight is 487 g/mol. The van der Waals surface area contributed by atoms with E-state index < -0.39 is 11.8 Å². The SMILES string of the molecule is CN1Sc2cc(O)c(SC3CC(F)(F)C3)cc2N(c2ccccc2)CC1CCC(C)(F)F. The van der Waals surface area contributed by atoms with Crippen molar-refractivity contribution >= 4 is 35.1 Å². The molecule has 32 heavy (non-hydrogen) atoms. The van der Waals surface area contributed by atoms with Crippen LogP contribution in [-0.4, -0.2) is 46.1 Å². The molecule has 2 aromatic carbocycles. The molecule has 2 aliphatic rings. The summed E-state index contributed by atoms with van der Waals surface area (Å²) in [5, 5.41) is 10.4. The Hall–Kier alpha value is -1.58. The van der Waals surface area contributed by atoms with Crippen LogP contribution in [0.1, 0.15) is 32.6 Å². The molecule has 1 heterocycles. The fraction of sp³-hybridized carbons (Fsp3) is 0.478. The maximum Gasteiger partial charge on any atom is 0.250 e. The van der Waals surface area contributed by atoms with Gasteiger partial charge in [0.2, 0.25) is 11.8 Å². The summed E-state index contributed by atoms with van der Waals surface area (Å²) in [6, 6.07) is 13.0. The summed E-state index contributed by atoms with van der Waals surface area (Å²) in [6.07, 6.45) is -0.290. The van der Waals surface area contributed by atoms with Gasteiger partial charge in [0.05, 0.1) is 15.5 Å². The lowest BCUT2D eigenvalue weighted by atomic mass is 9.94. The van der Waals surface area contributed by atoms with E-state index >= 15 is 0 Å². The quantitative estimate of drug-likeness (QED) is 0.345. The molecule has 1 N–H and O–H groups in total. The first-order chi connectivity index (χ1) is 15.0. The third-order valence-corrected chi connectivity index (χ3v) is 8.17. The number of phenols is 1. The van der Waals surface area contributed by atoms with Crippen LogP contribution in [0.3, 0.4) is 0 Å². The molecule has 0 aromatic heterocycles. The number of anilines is 2. The number of aromatic hydroxyl groups is 1. The number of para-hydroxylation sites is 1. The molecular formula is C23H26F4N2OS2. The monoisotopic (exact) mass is 486 g/mol. The minimum Gasteiger partial charge on any atom is -0.507 e. The summed E-state index contributed by atoms with van der Waals surface area (Å²) < 4.78 is 55.7. The van der Waals surface area contributed by atoms with Crippen molar-refractivity contribution in [3.63, 3.8) is 0 Å². The highest BCUT2D eigenvalue weighted by Gasteiger charge is 2.46. The molecule has 1 fully saturated rings. The number of fused-ring (bicyclic) bond motifs is 1. The first-order valence-corrected chi connectivity index (χ1v) is 12.2. The topological polar surface area (TPSA) is 26.7 Å². The minimum absolute atomic E-state index is 0.0522.